The minimum absolute atomic E-state index is 0.0968. The second kappa shape index (κ2) is 12.3. The van der Waals surface area contributed by atoms with Gasteiger partial charge in [0.1, 0.15) is 0 Å². The summed E-state index contributed by atoms with van der Waals surface area (Å²) in [5.74, 6) is 2.91. The fourth-order valence-corrected chi connectivity index (χ4v) is 8.68. The number of aliphatic hydroxyl groups excluding tert-OH is 1. The quantitative estimate of drug-likeness (QED) is 0.254. The van der Waals surface area contributed by atoms with Crippen molar-refractivity contribution in [1.29, 1.82) is 0 Å². The average Bonchev–Trinajstić information content (AvgIpc) is 2.99. The monoisotopic (exact) mass is 679 g/mol. The van der Waals surface area contributed by atoms with Crippen LogP contribution in [-0.4, -0.2) is 75.8 Å². The Morgan fingerprint density at radius 3 is 2.57 bits per heavy atom. The molecule has 2 aromatic carbocycles. The van der Waals surface area contributed by atoms with E-state index < -0.39 is 0 Å². The fourth-order valence-electron chi connectivity index (χ4n) is 8.17. The van der Waals surface area contributed by atoms with Crippen LogP contribution in [0.1, 0.15) is 46.1 Å². The van der Waals surface area contributed by atoms with E-state index in [2.05, 4.69) is 36.3 Å². The summed E-state index contributed by atoms with van der Waals surface area (Å²) in [6.07, 6.45) is 2.47. The zero-order valence-electron chi connectivity index (χ0n) is 27.3. The number of rotatable bonds is 6. The topological polar surface area (TPSA) is 115 Å². The molecule has 0 spiro atoms. The number of guanidine groups is 1. The third-order valence-corrected chi connectivity index (χ3v) is 11.7. The number of likely N-dealkylation sites (tertiary alicyclic amines) is 1. The second-order valence-corrected chi connectivity index (χ2v) is 15.4. The molecule has 0 radical (unpaired) electrons. The number of benzene rings is 2. The number of anilines is 2. The van der Waals surface area contributed by atoms with Crippen molar-refractivity contribution in [1.82, 2.24) is 19.8 Å². The number of aliphatic imine (C=N–C) groups is 1. The van der Waals surface area contributed by atoms with Gasteiger partial charge in [0.2, 0.25) is 11.9 Å². The molecule has 5 aliphatic rings. The zero-order chi connectivity index (χ0) is 33.2. The number of hydrogen-bond acceptors (Lipinski definition) is 6. The Hall–Kier alpha value is -3.34. The Labute approximate surface area is 285 Å². The first-order chi connectivity index (χ1) is 22.4. The van der Waals surface area contributed by atoms with Gasteiger partial charge in [-0.25, -0.2) is 9.98 Å². The number of piperazine rings is 1. The molecule has 8 rings (SSSR count). The fraction of sp³-hybridized carbons (Fsp3) is 0.543. The van der Waals surface area contributed by atoms with Crippen LogP contribution in [0.5, 0.6) is 0 Å². The summed E-state index contributed by atoms with van der Waals surface area (Å²) in [6, 6.07) is 11.0. The van der Waals surface area contributed by atoms with Crippen LogP contribution in [-0.2, 0) is 17.8 Å². The van der Waals surface area contributed by atoms with E-state index in [1.165, 1.54) is 6.42 Å². The number of nitrogens with zero attached hydrogens (tertiary/aromatic N) is 5. The van der Waals surface area contributed by atoms with Crippen LogP contribution in [0.3, 0.4) is 0 Å². The summed E-state index contributed by atoms with van der Waals surface area (Å²) < 4.78 is 1.65. The number of hydrogen-bond donors (Lipinski definition) is 3. The standard InChI is InChI=1S/C35H43Cl2N7O3/c1-19-15-43(18-31(46)38-19)34-41-30-14-24(7-8-26(30)32(47)44(34)10-9-21-5-6-23(36)13-28(21)37)39-33(42-16-25(45)17-42)40-29-12-22-11-27(20(29)2)35(22,3)4/h5-8,13-14,19-20,22,25,27,29,45H,9-12,15-18H2,1-4H3,(H,38,46)(H,39,40)/t19-,20-,22-,27+,29-/m0/s1. The first-order valence-corrected chi connectivity index (χ1v) is 17.4. The summed E-state index contributed by atoms with van der Waals surface area (Å²) in [7, 11) is 0. The molecular weight excluding hydrogens is 637 g/mol. The first kappa shape index (κ1) is 32.2. The van der Waals surface area contributed by atoms with Crippen LogP contribution in [0, 0.1) is 23.2 Å². The Morgan fingerprint density at radius 2 is 1.89 bits per heavy atom. The van der Waals surface area contributed by atoms with Gasteiger partial charge in [0.25, 0.3) is 5.56 Å². The van der Waals surface area contributed by atoms with Crippen molar-refractivity contribution in [2.75, 3.05) is 36.4 Å². The first-order valence-electron chi connectivity index (χ1n) is 16.7. The molecule has 3 heterocycles. The smallest absolute Gasteiger partial charge is 0.262 e. The molecule has 3 N–H and O–H groups in total. The van der Waals surface area contributed by atoms with Crippen molar-refractivity contribution in [2.45, 2.75) is 71.7 Å². The van der Waals surface area contributed by atoms with Crippen molar-refractivity contribution >= 4 is 57.6 Å². The Balaban J connectivity index is 1.22. The van der Waals surface area contributed by atoms with Crippen LogP contribution < -0.4 is 21.1 Å². The highest BCUT2D eigenvalue weighted by Gasteiger charge is 2.56. The van der Waals surface area contributed by atoms with Crippen molar-refractivity contribution in [3.8, 4) is 0 Å². The Kier molecular flexibility index (Phi) is 8.42. The molecule has 47 heavy (non-hydrogen) atoms. The van der Waals surface area contributed by atoms with Crippen LogP contribution >= 0.6 is 23.2 Å². The molecule has 1 aromatic heterocycles. The van der Waals surface area contributed by atoms with Gasteiger partial charge >= 0.3 is 0 Å². The molecule has 12 heteroatoms. The van der Waals surface area contributed by atoms with Crippen LogP contribution in [0.25, 0.3) is 10.9 Å². The molecule has 2 saturated heterocycles. The van der Waals surface area contributed by atoms with E-state index in [9.17, 15) is 14.7 Å². The lowest BCUT2D eigenvalue weighted by Crippen LogP contribution is -2.58. The summed E-state index contributed by atoms with van der Waals surface area (Å²) in [6.45, 7) is 11.1. The van der Waals surface area contributed by atoms with Gasteiger partial charge in [-0.15, -0.1) is 0 Å². The average molecular weight is 681 g/mol. The molecule has 3 aromatic rings. The van der Waals surface area contributed by atoms with E-state index in [-0.39, 0.29) is 36.2 Å². The third kappa shape index (κ3) is 6.08. The van der Waals surface area contributed by atoms with E-state index in [1.54, 1.807) is 22.8 Å². The minimum atomic E-state index is -0.371. The number of aliphatic hydroxyl groups is 1. The second-order valence-electron chi connectivity index (χ2n) is 14.6. The number of carbonyl (C=O) groups is 1. The third-order valence-electron chi connectivity index (χ3n) is 11.1. The Bertz CT molecular complexity index is 1800. The molecule has 250 valence electrons. The summed E-state index contributed by atoms with van der Waals surface area (Å²) in [5, 5.41) is 18.2. The van der Waals surface area contributed by atoms with E-state index in [4.69, 9.17) is 33.2 Å². The van der Waals surface area contributed by atoms with Gasteiger partial charge < -0.3 is 25.5 Å². The number of carbonyl (C=O) groups excluding carboxylic acids is 1. The predicted molar refractivity (Wildman–Crippen MR) is 188 cm³/mol. The number of aryl methyl sites for hydroxylation is 1. The summed E-state index contributed by atoms with van der Waals surface area (Å²) >= 11 is 12.6. The van der Waals surface area contributed by atoms with Gasteiger partial charge in [0.05, 0.1) is 29.6 Å². The van der Waals surface area contributed by atoms with Gasteiger partial charge in [-0.3, -0.25) is 14.2 Å². The maximum atomic E-state index is 14.1. The molecule has 3 aliphatic carbocycles. The van der Waals surface area contributed by atoms with E-state index in [0.717, 1.165) is 23.6 Å². The van der Waals surface area contributed by atoms with E-state index >= 15 is 0 Å². The predicted octanol–water partition coefficient (Wildman–Crippen LogP) is 4.79. The van der Waals surface area contributed by atoms with Crippen molar-refractivity contribution in [3.63, 3.8) is 0 Å². The van der Waals surface area contributed by atoms with Gasteiger partial charge in [0, 0.05) is 48.0 Å². The molecule has 5 atom stereocenters. The molecule has 1 amide bonds. The molecule has 3 saturated carbocycles. The SMILES string of the molecule is C[C@@H]1[C@@H](/N=C(/Nc2ccc3c(=O)n(CCc4ccc(Cl)cc4Cl)c(N4CC(=O)N[C@@H](C)C4)nc3c2)N2CC(O)C2)C[C@@H]2C[C@H]1C2(C)C. The Morgan fingerprint density at radius 1 is 1.11 bits per heavy atom. The molecule has 2 bridgehead atoms. The summed E-state index contributed by atoms with van der Waals surface area (Å²) in [5.41, 5.74) is 2.35. The maximum Gasteiger partial charge on any atom is 0.262 e. The highest BCUT2D eigenvalue weighted by molar-refractivity contribution is 6.35. The van der Waals surface area contributed by atoms with Gasteiger partial charge in [-0.2, -0.15) is 0 Å². The highest BCUT2D eigenvalue weighted by Crippen LogP contribution is 2.61. The lowest BCUT2D eigenvalue weighted by Gasteiger charge is -2.61. The summed E-state index contributed by atoms with van der Waals surface area (Å²) in [4.78, 5) is 40.9. The number of halogens is 2. The number of amides is 1. The van der Waals surface area contributed by atoms with Gasteiger partial charge in [-0.1, -0.05) is 50.0 Å². The number of nitrogens with one attached hydrogen (secondary N) is 2. The number of aromatic nitrogens is 2. The maximum absolute atomic E-state index is 14.1. The molecule has 5 fully saturated rings. The normalized spacial score (nSPS) is 27.3. The van der Waals surface area contributed by atoms with Crippen molar-refractivity contribution < 1.29 is 9.90 Å². The lowest BCUT2D eigenvalue weighted by molar-refractivity contribution is -0.121. The molecule has 2 aliphatic heterocycles. The zero-order valence-corrected chi connectivity index (χ0v) is 28.9. The minimum Gasteiger partial charge on any atom is -0.389 e. The number of β-amino-alcohol motifs (C(OH)–C–C–N with tert-alkyl or cyclic N) is 1. The molecular formula is C35H43Cl2N7O3. The van der Waals surface area contributed by atoms with Crippen molar-refractivity contribution in [3.05, 3.63) is 62.4 Å². The van der Waals surface area contributed by atoms with Crippen LogP contribution in [0.15, 0.2) is 46.2 Å². The van der Waals surface area contributed by atoms with Gasteiger partial charge in [-0.05, 0) is 85.3 Å². The molecule has 10 nitrogen and oxygen atoms in total. The van der Waals surface area contributed by atoms with Crippen LogP contribution in [0.4, 0.5) is 11.6 Å². The van der Waals surface area contributed by atoms with Crippen molar-refractivity contribution in [2.24, 2.45) is 28.2 Å². The highest BCUT2D eigenvalue weighted by atomic mass is 35.5. The molecule has 0 unspecified atom stereocenters. The van der Waals surface area contributed by atoms with E-state index in [0.29, 0.717) is 82.7 Å². The largest absolute Gasteiger partial charge is 0.389 e. The number of fused-ring (bicyclic) bond motifs is 3. The lowest BCUT2D eigenvalue weighted by atomic mass is 9.45. The van der Waals surface area contributed by atoms with Crippen LogP contribution in [0.2, 0.25) is 10.0 Å². The van der Waals surface area contributed by atoms with Gasteiger partial charge in [0.15, 0.2) is 5.96 Å². The van der Waals surface area contributed by atoms with E-state index in [1.807, 2.05) is 30.0 Å².